The number of nitrogens with one attached hydrogen (secondary N) is 2. The number of thiazole rings is 1. The average molecular weight is 551 g/mol. The van der Waals surface area contributed by atoms with Crippen LogP contribution < -0.4 is 10.6 Å². The van der Waals surface area contributed by atoms with Gasteiger partial charge in [0, 0.05) is 36.3 Å². The second-order valence-corrected chi connectivity index (χ2v) is 10.2. The fourth-order valence-electron chi connectivity index (χ4n) is 4.64. The van der Waals surface area contributed by atoms with E-state index in [-0.39, 0.29) is 18.2 Å². The molecule has 2 amide bonds. The summed E-state index contributed by atoms with van der Waals surface area (Å²) in [6.07, 6.45) is -5.81. The van der Waals surface area contributed by atoms with Crippen molar-refractivity contribution >= 4 is 23.2 Å². The first kappa shape index (κ1) is 27.3. The molecule has 1 aliphatic heterocycles. The van der Waals surface area contributed by atoms with Gasteiger partial charge in [0.05, 0.1) is 23.7 Å². The summed E-state index contributed by atoms with van der Waals surface area (Å²) in [5.74, 6) is -1.83. The van der Waals surface area contributed by atoms with E-state index in [1.165, 1.54) is 11.3 Å². The molecule has 7 nitrogen and oxygen atoms in total. The Morgan fingerprint density at radius 1 is 1.05 bits per heavy atom. The number of nitrogens with zero attached hydrogens (tertiary/aromatic N) is 2. The minimum absolute atomic E-state index is 0.0717. The smallest absolute Gasteiger partial charge is 0.383 e. The molecule has 37 heavy (non-hydrogen) atoms. The molecule has 1 aromatic heterocycles. The van der Waals surface area contributed by atoms with Crippen LogP contribution in [0.2, 0.25) is 0 Å². The summed E-state index contributed by atoms with van der Waals surface area (Å²) in [7, 11) is 0. The van der Waals surface area contributed by atoms with Crippen molar-refractivity contribution < 1.29 is 41.0 Å². The van der Waals surface area contributed by atoms with E-state index in [4.69, 9.17) is 0 Å². The van der Waals surface area contributed by atoms with E-state index in [0.29, 0.717) is 43.1 Å². The summed E-state index contributed by atoms with van der Waals surface area (Å²) >= 11 is 1.42. The molecule has 3 N–H and O–H groups in total. The number of aromatic nitrogens is 1. The second kappa shape index (κ2) is 10.2. The lowest BCUT2D eigenvalue weighted by Crippen LogP contribution is -2.63. The average Bonchev–Trinajstić information content (AvgIpc) is 3.35. The van der Waals surface area contributed by atoms with Gasteiger partial charge in [0.15, 0.2) is 0 Å². The van der Waals surface area contributed by atoms with Gasteiger partial charge in [-0.25, -0.2) is 4.98 Å². The zero-order valence-corrected chi connectivity index (χ0v) is 20.1. The van der Waals surface area contributed by atoms with Crippen LogP contribution in [-0.2, 0) is 22.7 Å². The Bertz CT molecular complexity index is 1090. The van der Waals surface area contributed by atoms with Crippen molar-refractivity contribution in [1.82, 2.24) is 20.5 Å². The fourth-order valence-corrected chi connectivity index (χ4v) is 5.44. The SMILES string of the molecule is O=C(CNC(=O)c1cc(C(F)(F)F)cc(C(F)(F)F)c1)NC1CN(C2CCC(O)(c3nccs3)CC2)C1. The second-order valence-electron chi connectivity index (χ2n) is 9.30. The number of hydrogen-bond acceptors (Lipinski definition) is 6. The molecule has 0 bridgehead atoms. The number of amides is 2. The van der Waals surface area contributed by atoms with Gasteiger partial charge in [0.25, 0.3) is 5.91 Å². The van der Waals surface area contributed by atoms with Gasteiger partial charge in [-0.3, -0.25) is 14.5 Å². The molecule has 2 heterocycles. The summed E-state index contributed by atoms with van der Waals surface area (Å²) in [5, 5.41) is 18.1. The van der Waals surface area contributed by atoms with Crippen LogP contribution in [-0.4, -0.2) is 58.5 Å². The predicted molar refractivity (Wildman–Crippen MR) is 121 cm³/mol. The molecule has 202 valence electrons. The Labute approximate surface area is 211 Å². The predicted octanol–water partition coefficient (Wildman–Crippen LogP) is 3.54. The van der Waals surface area contributed by atoms with Gasteiger partial charge in [-0.2, -0.15) is 26.3 Å². The van der Waals surface area contributed by atoms with Crippen LogP contribution >= 0.6 is 11.3 Å². The van der Waals surface area contributed by atoms with Gasteiger partial charge in [-0.05, 0) is 43.9 Å². The van der Waals surface area contributed by atoms with E-state index in [9.17, 15) is 41.0 Å². The Hall–Kier alpha value is -2.71. The molecule has 1 saturated carbocycles. The van der Waals surface area contributed by atoms with E-state index in [2.05, 4.69) is 20.5 Å². The van der Waals surface area contributed by atoms with Crippen LogP contribution in [0.15, 0.2) is 29.8 Å². The first-order chi connectivity index (χ1) is 17.2. The number of carbonyl (C=O) groups excluding carboxylic acids is 2. The van der Waals surface area contributed by atoms with E-state index in [1.54, 1.807) is 6.20 Å². The normalized spacial score (nSPS) is 23.4. The van der Waals surface area contributed by atoms with Crippen molar-refractivity contribution in [3.63, 3.8) is 0 Å². The molecule has 0 radical (unpaired) electrons. The van der Waals surface area contributed by atoms with Crippen molar-refractivity contribution in [3.8, 4) is 0 Å². The minimum atomic E-state index is -5.08. The van der Waals surface area contributed by atoms with Crippen LogP contribution in [0, 0.1) is 0 Å². The molecule has 2 aromatic rings. The Morgan fingerprint density at radius 2 is 1.65 bits per heavy atom. The lowest BCUT2D eigenvalue weighted by molar-refractivity contribution is -0.143. The number of halogens is 6. The van der Waals surface area contributed by atoms with Gasteiger partial charge in [0.1, 0.15) is 10.6 Å². The maximum atomic E-state index is 13.0. The first-order valence-electron chi connectivity index (χ1n) is 11.5. The van der Waals surface area contributed by atoms with Crippen LogP contribution in [0.3, 0.4) is 0 Å². The van der Waals surface area contributed by atoms with Gasteiger partial charge in [-0.15, -0.1) is 11.3 Å². The zero-order valence-electron chi connectivity index (χ0n) is 19.3. The van der Waals surface area contributed by atoms with E-state index >= 15 is 0 Å². The summed E-state index contributed by atoms with van der Waals surface area (Å²) in [4.78, 5) is 30.8. The maximum absolute atomic E-state index is 13.0. The number of carbonyl (C=O) groups is 2. The van der Waals surface area contributed by atoms with Crippen molar-refractivity contribution in [1.29, 1.82) is 0 Å². The van der Waals surface area contributed by atoms with Crippen LogP contribution in [0.5, 0.6) is 0 Å². The topological polar surface area (TPSA) is 94.6 Å². The molecule has 2 fully saturated rings. The van der Waals surface area contributed by atoms with Crippen molar-refractivity contribution in [3.05, 3.63) is 51.5 Å². The lowest BCUT2D eigenvalue weighted by atomic mass is 9.81. The quantitative estimate of drug-likeness (QED) is 0.479. The highest BCUT2D eigenvalue weighted by Crippen LogP contribution is 2.40. The number of alkyl halides is 6. The standard InChI is InChI=1S/C23H24F6N4O3S/c24-22(25,26)14-7-13(8-15(9-14)23(27,28)29)19(35)31-10-18(34)32-16-11-33(12-16)17-1-3-21(36,4-2-17)20-30-5-6-37-20/h5-9,16-17,36H,1-4,10-12H2,(H,31,35)(H,32,34). The monoisotopic (exact) mass is 550 g/mol. The minimum Gasteiger partial charge on any atom is -0.383 e. The van der Waals surface area contributed by atoms with Crippen molar-refractivity contribution in [2.75, 3.05) is 19.6 Å². The molecule has 1 aromatic carbocycles. The van der Waals surface area contributed by atoms with Gasteiger partial charge in [0.2, 0.25) is 5.91 Å². The molecule has 2 aliphatic rings. The van der Waals surface area contributed by atoms with Crippen LogP contribution in [0.25, 0.3) is 0 Å². The van der Waals surface area contributed by atoms with Crippen LogP contribution in [0.1, 0.15) is 52.2 Å². The molecule has 1 saturated heterocycles. The molecule has 0 spiro atoms. The van der Waals surface area contributed by atoms with Gasteiger partial charge < -0.3 is 15.7 Å². The van der Waals surface area contributed by atoms with Crippen LogP contribution in [0.4, 0.5) is 26.3 Å². The summed E-state index contributed by atoms with van der Waals surface area (Å²) in [6.45, 7) is 0.516. The molecule has 14 heteroatoms. The summed E-state index contributed by atoms with van der Waals surface area (Å²) in [6, 6.07) is 0.599. The number of rotatable bonds is 6. The van der Waals surface area contributed by atoms with E-state index < -0.39 is 53.0 Å². The third-order valence-electron chi connectivity index (χ3n) is 6.66. The van der Waals surface area contributed by atoms with Crippen molar-refractivity contribution in [2.45, 2.75) is 55.7 Å². The molecular formula is C23H24F6N4O3S. The van der Waals surface area contributed by atoms with E-state index in [0.717, 1.165) is 12.8 Å². The third-order valence-corrected chi connectivity index (χ3v) is 7.63. The number of likely N-dealkylation sites (tertiary alicyclic amines) is 1. The Kier molecular flexibility index (Phi) is 7.55. The Balaban J connectivity index is 1.23. The largest absolute Gasteiger partial charge is 0.416 e. The third kappa shape index (κ3) is 6.41. The van der Waals surface area contributed by atoms with E-state index in [1.807, 2.05) is 5.38 Å². The number of aliphatic hydroxyl groups is 1. The highest BCUT2D eigenvalue weighted by atomic mass is 32.1. The summed E-state index contributed by atoms with van der Waals surface area (Å²) in [5.41, 5.74) is -4.99. The van der Waals surface area contributed by atoms with Gasteiger partial charge >= 0.3 is 12.4 Å². The molecule has 4 rings (SSSR count). The molecule has 0 unspecified atom stereocenters. The fraction of sp³-hybridized carbons (Fsp3) is 0.522. The van der Waals surface area contributed by atoms with Crippen molar-refractivity contribution in [2.24, 2.45) is 0 Å². The number of benzene rings is 1. The number of hydrogen-bond donors (Lipinski definition) is 3. The van der Waals surface area contributed by atoms with Gasteiger partial charge in [-0.1, -0.05) is 0 Å². The molecular weight excluding hydrogens is 526 g/mol. The molecule has 1 aliphatic carbocycles. The summed E-state index contributed by atoms with van der Waals surface area (Å²) < 4.78 is 77.9. The maximum Gasteiger partial charge on any atom is 0.416 e. The molecule has 0 atom stereocenters. The lowest BCUT2D eigenvalue weighted by Gasteiger charge is -2.47. The Morgan fingerprint density at radius 3 is 2.16 bits per heavy atom. The first-order valence-corrected chi connectivity index (χ1v) is 12.4. The zero-order chi connectivity index (χ0) is 27.0. The highest BCUT2D eigenvalue weighted by molar-refractivity contribution is 7.09. The highest BCUT2D eigenvalue weighted by Gasteiger charge is 2.42.